The number of carbonyl (C=O) groups is 1. The van der Waals surface area contributed by atoms with Gasteiger partial charge in [-0.15, -0.1) is 0 Å². The van der Waals surface area contributed by atoms with Crippen molar-refractivity contribution in [3.05, 3.63) is 48.0 Å². The Bertz CT molecular complexity index is 538. The number of aromatic amines is 1. The Morgan fingerprint density at radius 3 is 2.44 bits per heavy atom. The average Bonchev–Trinajstić information content (AvgIpc) is 2.79. The molecule has 4 nitrogen and oxygen atoms in total. The summed E-state index contributed by atoms with van der Waals surface area (Å²) in [5.74, 6) is 0.630. The number of hydrogen-bond acceptors (Lipinski definition) is 2. The molecule has 0 saturated heterocycles. The first-order valence-electron chi connectivity index (χ1n) is 5.89. The van der Waals surface area contributed by atoms with Gasteiger partial charge in [-0.05, 0) is 12.1 Å². The Labute approximate surface area is 106 Å². The predicted octanol–water partition coefficient (Wildman–Crippen LogP) is 2.96. The summed E-state index contributed by atoms with van der Waals surface area (Å²) in [6, 6.07) is 9.35. The van der Waals surface area contributed by atoms with Crippen molar-refractivity contribution in [3.63, 3.8) is 0 Å². The Kier molecular flexibility index (Phi) is 3.19. The van der Waals surface area contributed by atoms with E-state index in [1.54, 1.807) is 6.20 Å². The topological polar surface area (TPSA) is 57.8 Å². The summed E-state index contributed by atoms with van der Waals surface area (Å²) in [6.07, 6.45) is 1.57. The molecule has 0 aliphatic carbocycles. The fourth-order valence-corrected chi connectivity index (χ4v) is 1.54. The molecule has 1 amide bonds. The molecule has 0 unspecified atom stereocenters. The largest absolute Gasteiger partial charge is 0.338 e. The SMILES string of the molecule is CC(C)(C)c1ncc(C(=O)Nc2ccccc2)[nH]1. The summed E-state index contributed by atoms with van der Waals surface area (Å²) in [4.78, 5) is 19.3. The second-order valence-electron chi connectivity index (χ2n) is 5.22. The van der Waals surface area contributed by atoms with E-state index in [-0.39, 0.29) is 11.3 Å². The molecule has 0 spiro atoms. The zero-order valence-corrected chi connectivity index (χ0v) is 10.8. The van der Waals surface area contributed by atoms with Crippen LogP contribution in [0.25, 0.3) is 0 Å². The smallest absolute Gasteiger partial charge is 0.273 e. The number of H-pyrrole nitrogens is 1. The molecule has 94 valence electrons. The molecule has 2 rings (SSSR count). The van der Waals surface area contributed by atoms with Crippen molar-refractivity contribution in [2.24, 2.45) is 0 Å². The number of benzene rings is 1. The maximum Gasteiger partial charge on any atom is 0.273 e. The van der Waals surface area contributed by atoms with E-state index in [9.17, 15) is 4.79 Å². The lowest BCUT2D eigenvalue weighted by Crippen LogP contribution is -2.15. The number of carbonyl (C=O) groups excluding carboxylic acids is 1. The van der Waals surface area contributed by atoms with Crippen LogP contribution in [-0.4, -0.2) is 15.9 Å². The second kappa shape index (κ2) is 4.64. The quantitative estimate of drug-likeness (QED) is 0.852. The van der Waals surface area contributed by atoms with E-state index >= 15 is 0 Å². The molecular formula is C14H17N3O. The van der Waals surface area contributed by atoms with Gasteiger partial charge in [0.2, 0.25) is 0 Å². The number of imidazole rings is 1. The maximum absolute atomic E-state index is 12.0. The van der Waals surface area contributed by atoms with Crippen molar-refractivity contribution >= 4 is 11.6 Å². The van der Waals surface area contributed by atoms with E-state index in [1.807, 2.05) is 51.1 Å². The Hall–Kier alpha value is -2.10. The molecule has 0 fully saturated rings. The Morgan fingerprint density at radius 1 is 1.22 bits per heavy atom. The van der Waals surface area contributed by atoms with Crippen molar-refractivity contribution in [1.82, 2.24) is 9.97 Å². The first-order valence-corrected chi connectivity index (χ1v) is 5.89. The molecule has 2 N–H and O–H groups in total. The van der Waals surface area contributed by atoms with E-state index in [2.05, 4.69) is 15.3 Å². The number of amides is 1. The zero-order valence-electron chi connectivity index (χ0n) is 10.8. The normalized spacial score (nSPS) is 11.3. The van der Waals surface area contributed by atoms with Gasteiger partial charge >= 0.3 is 0 Å². The first kappa shape index (κ1) is 12.4. The highest BCUT2D eigenvalue weighted by Gasteiger charge is 2.19. The van der Waals surface area contributed by atoms with Crippen molar-refractivity contribution in [2.75, 3.05) is 5.32 Å². The van der Waals surface area contributed by atoms with E-state index in [4.69, 9.17) is 0 Å². The van der Waals surface area contributed by atoms with E-state index in [0.717, 1.165) is 11.5 Å². The van der Waals surface area contributed by atoms with Crippen LogP contribution < -0.4 is 5.32 Å². The summed E-state index contributed by atoms with van der Waals surface area (Å²) in [5.41, 5.74) is 1.16. The number of nitrogens with zero attached hydrogens (tertiary/aromatic N) is 1. The Morgan fingerprint density at radius 2 is 1.89 bits per heavy atom. The van der Waals surface area contributed by atoms with Crippen LogP contribution in [0.3, 0.4) is 0 Å². The van der Waals surface area contributed by atoms with Gasteiger partial charge in [0.05, 0.1) is 6.20 Å². The molecule has 1 aromatic heterocycles. The van der Waals surface area contributed by atoms with E-state index in [1.165, 1.54) is 0 Å². The highest BCUT2D eigenvalue weighted by Crippen LogP contribution is 2.18. The van der Waals surface area contributed by atoms with Gasteiger partial charge in [-0.1, -0.05) is 39.0 Å². The number of nitrogens with one attached hydrogen (secondary N) is 2. The van der Waals surface area contributed by atoms with Crippen LogP contribution in [0.15, 0.2) is 36.5 Å². The molecule has 0 radical (unpaired) electrons. The summed E-state index contributed by atoms with van der Waals surface area (Å²) in [6.45, 7) is 6.14. The third-order valence-corrected chi connectivity index (χ3v) is 2.56. The lowest BCUT2D eigenvalue weighted by Gasteiger charge is -2.14. The molecule has 1 aromatic carbocycles. The number of para-hydroxylation sites is 1. The molecule has 1 heterocycles. The molecule has 4 heteroatoms. The van der Waals surface area contributed by atoms with Crippen molar-refractivity contribution < 1.29 is 4.79 Å². The van der Waals surface area contributed by atoms with E-state index < -0.39 is 0 Å². The maximum atomic E-state index is 12.0. The van der Waals surface area contributed by atoms with Gasteiger partial charge in [0.15, 0.2) is 0 Å². The average molecular weight is 243 g/mol. The Balaban J connectivity index is 2.13. The van der Waals surface area contributed by atoms with Crippen LogP contribution in [0.1, 0.15) is 37.1 Å². The summed E-state index contributed by atoms with van der Waals surface area (Å²) in [5, 5.41) is 2.81. The van der Waals surface area contributed by atoms with Crippen molar-refractivity contribution in [1.29, 1.82) is 0 Å². The van der Waals surface area contributed by atoms with Gasteiger partial charge in [-0.3, -0.25) is 4.79 Å². The third-order valence-electron chi connectivity index (χ3n) is 2.56. The number of hydrogen-bond donors (Lipinski definition) is 2. The van der Waals surface area contributed by atoms with Gasteiger partial charge in [0.25, 0.3) is 5.91 Å². The number of rotatable bonds is 2. The molecule has 0 saturated carbocycles. The minimum Gasteiger partial charge on any atom is -0.338 e. The van der Waals surface area contributed by atoms with Crippen LogP contribution in [-0.2, 0) is 5.41 Å². The van der Waals surface area contributed by atoms with Gasteiger partial charge in [0.1, 0.15) is 11.5 Å². The predicted molar refractivity (Wildman–Crippen MR) is 71.7 cm³/mol. The molecule has 0 bridgehead atoms. The summed E-state index contributed by atoms with van der Waals surface area (Å²) in [7, 11) is 0. The monoisotopic (exact) mass is 243 g/mol. The van der Waals surface area contributed by atoms with Gasteiger partial charge < -0.3 is 10.3 Å². The first-order chi connectivity index (χ1) is 8.47. The lowest BCUT2D eigenvalue weighted by molar-refractivity contribution is 0.102. The van der Waals surface area contributed by atoms with Crippen molar-refractivity contribution in [2.45, 2.75) is 26.2 Å². The highest BCUT2D eigenvalue weighted by molar-refractivity contribution is 6.02. The molecule has 2 aromatic rings. The number of anilines is 1. The second-order valence-corrected chi connectivity index (χ2v) is 5.22. The van der Waals surface area contributed by atoms with Crippen molar-refractivity contribution in [3.8, 4) is 0 Å². The summed E-state index contributed by atoms with van der Waals surface area (Å²) < 4.78 is 0. The van der Waals surface area contributed by atoms with Crippen LogP contribution in [0.4, 0.5) is 5.69 Å². The fraction of sp³-hybridized carbons (Fsp3) is 0.286. The minimum atomic E-state index is -0.177. The highest BCUT2D eigenvalue weighted by atomic mass is 16.1. The standard InChI is InChI=1S/C14H17N3O/c1-14(2,3)13-15-9-11(17-13)12(18)16-10-7-5-4-6-8-10/h4-9H,1-3H3,(H,15,17)(H,16,18). The van der Waals surface area contributed by atoms with Crippen LogP contribution in [0, 0.1) is 0 Å². The number of aromatic nitrogens is 2. The molecule has 0 atom stereocenters. The van der Waals surface area contributed by atoms with Crippen LogP contribution >= 0.6 is 0 Å². The summed E-state index contributed by atoms with van der Waals surface area (Å²) >= 11 is 0. The molecule has 0 aliphatic heterocycles. The fourth-order valence-electron chi connectivity index (χ4n) is 1.54. The van der Waals surface area contributed by atoms with Crippen LogP contribution in [0.5, 0.6) is 0 Å². The van der Waals surface area contributed by atoms with Gasteiger partial charge in [-0.2, -0.15) is 0 Å². The minimum absolute atomic E-state index is 0.0920. The van der Waals surface area contributed by atoms with E-state index in [0.29, 0.717) is 5.69 Å². The van der Waals surface area contributed by atoms with Crippen LogP contribution in [0.2, 0.25) is 0 Å². The zero-order chi connectivity index (χ0) is 13.2. The van der Waals surface area contributed by atoms with Gasteiger partial charge in [0, 0.05) is 11.1 Å². The molecule has 0 aliphatic rings. The van der Waals surface area contributed by atoms with Gasteiger partial charge in [-0.25, -0.2) is 4.98 Å². The third kappa shape index (κ3) is 2.77. The molecule has 18 heavy (non-hydrogen) atoms. The molecular weight excluding hydrogens is 226 g/mol. The lowest BCUT2D eigenvalue weighted by atomic mass is 9.96.